The van der Waals surface area contributed by atoms with E-state index in [0.29, 0.717) is 31.3 Å². The normalized spacial score (nSPS) is 17.6. The molecule has 1 aliphatic rings. The van der Waals surface area contributed by atoms with Crippen molar-refractivity contribution in [1.82, 2.24) is 24.2 Å². The third-order valence-corrected chi connectivity index (χ3v) is 5.20. The number of rotatable bonds is 4. The number of imidazole rings is 1. The Bertz CT molecular complexity index is 1030. The summed E-state index contributed by atoms with van der Waals surface area (Å²) < 4.78 is 8.56. The minimum absolute atomic E-state index is 0.0436. The molecule has 4 rings (SSSR count). The predicted octanol–water partition coefficient (Wildman–Crippen LogP) is 1.92. The molecular weight excluding hydrogens is 346 g/mol. The number of fused-ring (bicyclic) bond motifs is 1. The van der Waals surface area contributed by atoms with Gasteiger partial charge in [-0.15, -0.1) is 0 Å². The van der Waals surface area contributed by atoms with Crippen molar-refractivity contribution in [2.45, 2.75) is 45.7 Å². The first kappa shape index (κ1) is 17.5. The van der Waals surface area contributed by atoms with Crippen molar-refractivity contribution in [2.24, 2.45) is 0 Å². The summed E-state index contributed by atoms with van der Waals surface area (Å²) in [5.74, 6) is 1.19. The van der Waals surface area contributed by atoms with Crippen LogP contribution in [0.2, 0.25) is 0 Å². The number of aromatic nitrogens is 4. The standard InChI is InChI=1S/C19H23N5O3/c1-3-23-15-8-4-5-9-16(15)24(19(23)26)12-17(25)22-10-6-7-14(11-22)18-20-13(2)21-27-18/h4-5,8-9,14H,3,6-7,10-12H2,1-2H3/t14-/m1/s1. The zero-order valence-electron chi connectivity index (χ0n) is 15.6. The van der Waals surface area contributed by atoms with Crippen molar-refractivity contribution in [3.63, 3.8) is 0 Å². The third kappa shape index (κ3) is 3.15. The first-order valence-electron chi connectivity index (χ1n) is 9.34. The highest BCUT2D eigenvalue weighted by molar-refractivity contribution is 5.81. The van der Waals surface area contributed by atoms with Gasteiger partial charge in [-0.05, 0) is 38.8 Å². The average molecular weight is 369 g/mol. The molecule has 0 radical (unpaired) electrons. The number of nitrogens with zero attached hydrogens (tertiary/aromatic N) is 5. The van der Waals surface area contributed by atoms with Crippen molar-refractivity contribution in [1.29, 1.82) is 0 Å². The Kier molecular flexibility index (Phi) is 4.55. The van der Waals surface area contributed by atoms with Crippen LogP contribution >= 0.6 is 0 Å². The van der Waals surface area contributed by atoms with Crippen molar-refractivity contribution >= 4 is 16.9 Å². The Morgan fingerprint density at radius 3 is 2.67 bits per heavy atom. The number of amides is 1. The zero-order chi connectivity index (χ0) is 19.0. The second-order valence-electron chi connectivity index (χ2n) is 6.96. The Morgan fingerprint density at radius 2 is 2.00 bits per heavy atom. The van der Waals surface area contributed by atoms with E-state index in [1.54, 1.807) is 21.0 Å². The number of hydrogen-bond acceptors (Lipinski definition) is 5. The fourth-order valence-electron chi connectivity index (χ4n) is 3.85. The molecule has 1 aromatic carbocycles. The SMILES string of the molecule is CCn1c(=O)n(CC(=O)N2CCC[C@@H](c3nc(C)no3)C2)c2ccccc21. The molecule has 0 aliphatic carbocycles. The Labute approximate surface area is 156 Å². The van der Waals surface area contributed by atoms with Crippen LogP contribution in [-0.2, 0) is 17.9 Å². The number of aryl methyl sites for hydroxylation is 2. The number of carbonyl (C=O) groups is 1. The van der Waals surface area contributed by atoms with Crippen LogP contribution in [0.5, 0.6) is 0 Å². The summed E-state index contributed by atoms with van der Waals surface area (Å²) >= 11 is 0. The van der Waals surface area contributed by atoms with E-state index >= 15 is 0 Å². The molecule has 8 nitrogen and oxygen atoms in total. The monoisotopic (exact) mass is 369 g/mol. The summed E-state index contributed by atoms with van der Waals surface area (Å²) in [6, 6.07) is 7.59. The van der Waals surface area contributed by atoms with Gasteiger partial charge in [0.15, 0.2) is 5.82 Å². The third-order valence-electron chi connectivity index (χ3n) is 5.20. The van der Waals surface area contributed by atoms with Crippen LogP contribution in [0.3, 0.4) is 0 Å². The molecule has 0 unspecified atom stereocenters. The highest BCUT2D eigenvalue weighted by Crippen LogP contribution is 2.26. The van der Waals surface area contributed by atoms with Gasteiger partial charge in [0.2, 0.25) is 11.8 Å². The molecule has 1 saturated heterocycles. The van der Waals surface area contributed by atoms with Crippen LogP contribution in [0.25, 0.3) is 11.0 Å². The number of carbonyl (C=O) groups excluding carboxylic acids is 1. The molecular formula is C19H23N5O3. The van der Waals surface area contributed by atoms with Crippen molar-refractivity contribution in [2.75, 3.05) is 13.1 Å². The first-order chi connectivity index (χ1) is 13.1. The number of piperidine rings is 1. The molecule has 8 heteroatoms. The Hall–Kier alpha value is -2.90. The van der Waals surface area contributed by atoms with Crippen LogP contribution in [0.1, 0.15) is 37.4 Å². The van der Waals surface area contributed by atoms with E-state index in [-0.39, 0.29) is 24.1 Å². The molecule has 1 fully saturated rings. The van der Waals surface area contributed by atoms with Crippen LogP contribution in [0.4, 0.5) is 0 Å². The highest BCUT2D eigenvalue weighted by atomic mass is 16.5. The molecule has 1 atom stereocenters. The van der Waals surface area contributed by atoms with E-state index in [1.807, 2.05) is 31.2 Å². The van der Waals surface area contributed by atoms with Gasteiger partial charge in [-0.25, -0.2) is 4.79 Å². The van der Waals surface area contributed by atoms with Gasteiger partial charge in [0.1, 0.15) is 6.54 Å². The summed E-state index contributed by atoms with van der Waals surface area (Å²) in [6.45, 7) is 5.56. The van der Waals surface area contributed by atoms with Crippen molar-refractivity contribution in [3.8, 4) is 0 Å². The van der Waals surface area contributed by atoms with Gasteiger partial charge >= 0.3 is 5.69 Å². The van der Waals surface area contributed by atoms with Crippen molar-refractivity contribution in [3.05, 3.63) is 46.5 Å². The van der Waals surface area contributed by atoms with Gasteiger partial charge in [0.25, 0.3) is 0 Å². The Morgan fingerprint density at radius 1 is 1.26 bits per heavy atom. The summed E-state index contributed by atoms with van der Waals surface area (Å²) in [7, 11) is 0. The topological polar surface area (TPSA) is 86.2 Å². The molecule has 3 aromatic rings. The maximum absolute atomic E-state index is 12.9. The maximum Gasteiger partial charge on any atom is 0.329 e. The number of para-hydroxylation sites is 2. The molecule has 2 aromatic heterocycles. The highest BCUT2D eigenvalue weighted by Gasteiger charge is 2.29. The fraction of sp³-hybridized carbons (Fsp3) is 0.474. The molecule has 3 heterocycles. The number of benzene rings is 1. The summed E-state index contributed by atoms with van der Waals surface area (Å²) in [5, 5.41) is 3.85. The van der Waals surface area contributed by atoms with Crippen LogP contribution in [0.15, 0.2) is 33.6 Å². The van der Waals surface area contributed by atoms with E-state index in [9.17, 15) is 9.59 Å². The fourth-order valence-corrected chi connectivity index (χ4v) is 3.85. The second-order valence-corrected chi connectivity index (χ2v) is 6.96. The van der Waals surface area contributed by atoms with Gasteiger partial charge in [0.05, 0.1) is 17.0 Å². The van der Waals surface area contributed by atoms with Crippen LogP contribution < -0.4 is 5.69 Å². The van der Waals surface area contributed by atoms with Crippen LogP contribution in [0, 0.1) is 6.92 Å². The van der Waals surface area contributed by atoms with Gasteiger partial charge < -0.3 is 9.42 Å². The molecule has 1 amide bonds. The minimum atomic E-state index is -0.145. The van der Waals surface area contributed by atoms with E-state index < -0.39 is 0 Å². The predicted molar refractivity (Wildman–Crippen MR) is 99.5 cm³/mol. The largest absolute Gasteiger partial charge is 0.340 e. The lowest BCUT2D eigenvalue weighted by atomic mass is 9.98. The Balaban J connectivity index is 1.57. The van der Waals surface area contributed by atoms with Crippen LogP contribution in [-0.4, -0.2) is 43.2 Å². The lowest BCUT2D eigenvalue weighted by Crippen LogP contribution is -2.42. The molecule has 142 valence electrons. The van der Waals surface area contributed by atoms with E-state index in [1.165, 1.54) is 0 Å². The summed E-state index contributed by atoms with van der Waals surface area (Å²) in [4.78, 5) is 31.8. The second kappa shape index (κ2) is 7.02. The van der Waals surface area contributed by atoms with E-state index in [2.05, 4.69) is 10.1 Å². The van der Waals surface area contributed by atoms with E-state index in [0.717, 1.165) is 23.9 Å². The molecule has 27 heavy (non-hydrogen) atoms. The molecule has 0 saturated carbocycles. The zero-order valence-corrected chi connectivity index (χ0v) is 15.6. The van der Waals surface area contributed by atoms with Gasteiger partial charge in [-0.1, -0.05) is 17.3 Å². The first-order valence-corrected chi connectivity index (χ1v) is 9.34. The van der Waals surface area contributed by atoms with Gasteiger partial charge in [0, 0.05) is 19.6 Å². The van der Waals surface area contributed by atoms with Gasteiger partial charge in [-0.2, -0.15) is 4.98 Å². The summed E-state index contributed by atoms with van der Waals surface area (Å²) in [6.07, 6.45) is 1.80. The summed E-state index contributed by atoms with van der Waals surface area (Å²) in [5.41, 5.74) is 1.50. The lowest BCUT2D eigenvalue weighted by molar-refractivity contribution is -0.133. The quantitative estimate of drug-likeness (QED) is 0.701. The molecule has 0 bridgehead atoms. The van der Waals surface area contributed by atoms with E-state index in [4.69, 9.17) is 4.52 Å². The average Bonchev–Trinajstić information content (AvgIpc) is 3.23. The maximum atomic E-state index is 12.9. The molecule has 0 spiro atoms. The molecule has 0 N–H and O–H groups in total. The number of likely N-dealkylation sites (tertiary alicyclic amines) is 1. The smallest absolute Gasteiger partial charge is 0.329 e. The lowest BCUT2D eigenvalue weighted by Gasteiger charge is -2.31. The number of hydrogen-bond donors (Lipinski definition) is 0. The minimum Gasteiger partial charge on any atom is -0.340 e. The van der Waals surface area contributed by atoms with Crippen molar-refractivity contribution < 1.29 is 9.32 Å². The van der Waals surface area contributed by atoms with Gasteiger partial charge in [-0.3, -0.25) is 13.9 Å². The molecule has 1 aliphatic heterocycles.